The molecule has 2 heteroatoms. The van der Waals surface area contributed by atoms with Gasteiger partial charge in [0.2, 0.25) is 0 Å². The maximum absolute atomic E-state index is 5.79. The Balaban J connectivity index is 2.63. The highest BCUT2D eigenvalue weighted by molar-refractivity contribution is 5.09. The normalized spacial score (nSPS) is 21.6. The molecule has 0 aromatic carbocycles. The van der Waals surface area contributed by atoms with E-state index in [4.69, 9.17) is 4.74 Å². The van der Waals surface area contributed by atoms with E-state index >= 15 is 0 Å². The smallest absolute Gasteiger partial charge is 0.182 e. The molecule has 1 aliphatic heterocycles. The van der Waals surface area contributed by atoms with Gasteiger partial charge in [-0.05, 0) is 47.1 Å². The minimum absolute atomic E-state index is 0.167. The molecule has 1 unspecified atom stereocenters. The van der Waals surface area contributed by atoms with Crippen LogP contribution in [-0.4, -0.2) is 23.1 Å². The molecule has 0 N–H and O–H groups in total. The Morgan fingerprint density at radius 1 is 1.33 bits per heavy atom. The topological polar surface area (TPSA) is 12.5 Å². The summed E-state index contributed by atoms with van der Waals surface area (Å²) in [6.45, 7) is 17.3. The van der Waals surface area contributed by atoms with Gasteiger partial charge in [-0.25, -0.2) is 0 Å². The largest absolute Gasteiger partial charge is 0.474 e. The van der Waals surface area contributed by atoms with Crippen molar-refractivity contribution < 1.29 is 4.74 Å². The maximum atomic E-state index is 5.79. The molecule has 0 spiro atoms. The molecular formula is C13H23NO. The van der Waals surface area contributed by atoms with E-state index in [0.29, 0.717) is 6.04 Å². The lowest BCUT2D eigenvalue weighted by Gasteiger charge is -2.32. The van der Waals surface area contributed by atoms with Crippen LogP contribution >= 0.6 is 0 Å². The van der Waals surface area contributed by atoms with Gasteiger partial charge in [-0.1, -0.05) is 12.2 Å². The Hall–Kier alpha value is -0.920. The summed E-state index contributed by atoms with van der Waals surface area (Å²) in [5.74, 6) is 0.785. The lowest BCUT2D eigenvalue weighted by molar-refractivity contribution is 0.00269. The van der Waals surface area contributed by atoms with E-state index in [1.165, 1.54) is 18.4 Å². The predicted molar refractivity (Wildman–Crippen MR) is 64.5 cm³/mol. The molecule has 0 aliphatic carbocycles. The molecule has 0 aromatic heterocycles. The fourth-order valence-corrected chi connectivity index (χ4v) is 1.99. The molecule has 0 amide bonds. The van der Waals surface area contributed by atoms with Crippen LogP contribution in [0.1, 0.15) is 40.5 Å². The van der Waals surface area contributed by atoms with Crippen molar-refractivity contribution in [2.24, 2.45) is 0 Å². The number of likely N-dealkylation sites (tertiary alicyclic amines) is 1. The number of ether oxygens (including phenoxy) is 1. The Morgan fingerprint density at radius 2 is 1.93 bits per heavy atom. The highest BCUT2D eigenvalue weighted by Crippen LogP contribution is 2.28. The summed E-state index contributed by atoms with van der Waals surface area (Å²) in [5.41, 5.74) is 1.03. The quantitative estimate of drug-likeness (QED) is 0.522. The lowest BCUT2D eigenvalue weighted by atomic mass is 10.1. The van der Waals surface area contributed by atoms with Gasteiger partial charge < -0.3 is 9.64 Å². The summed E-state index contributed by atoms with van der Waals surface area (Å²) in [7, 11) is 0. The van der Waals surface area contributed by atoms with Gasteiger partial charge in [0, 0.05) is 6.54 Å². The van der Waals surface area contributed by atoms with Crippen molar-refractivity contribution in [2.75, 3.05) is 6.54 Å². The van der Waals surface area contributed by atoms with Crippen LogP contribution in [0.5, 0.6) is 0 Å². The average Bonchev–Trinajstić information content (AvgIpc) is 2.47. The zero-order chi connectivity index (χ0) is 11.6. The summed E-state index contributed by atoms with van der Waals surface area (Å²) in [6.07, 6.45) is 2.37. The van der Waals surface area contributed by atoms with Crippen molar-refractivity contribution in [3.8, 4) is 0 Å². The Labute approximate surface area is 93.6 Å². The molecule has 86 valence electrons. The molecule has 1 saturated heterocycles. The van der Waals surface area contributed by atoms with Crippen molar-refractivity contribution >= 4 is 0 Å². The maximum Gasteiger partial charge on any atom is 0.182 e. The molecule has 1 fully saturated rings. The van der Waals surface area contributed by atoms with Crippen LogP contribution in [0.2, 0.25) is 0 Å². The zero-order valence-electron chi connectivity index (χ0n) is 10.5. The summed E-state index contributed by atoms with van der Waals surface area (Å²) in [4.78, 5) is 2.23. The van der Waals surface area contributed by atoms with Crippen LogP contribution in [-0.2, 0) is 4.74 Å². The van der Waals surface area contributed by atoms with Crippen molar-refractivity contribution in [1.29, 1.82) is 0 Å². The van der Waals surface area contributed by atoms with Crippen molar-refractivity contribution in [3.63, 3.8) is 0 Å². The molecule has 15 heavy (non-hydrogen) atoms. The molecule has 1 heterocycles. The average molecular weight is 209 g/mol. The third kappa shape index (κ3) is 3.29. The van der Waals surface area contributed by atoms with E-state index in [1.54, 1.807) is 0 Å². The van der Waals surface area contributed by atoms with Crippen molar-refractivity contribution in [2.45, 2.75) is 52.2 Å². The molecule has 1 rings (SSSR count). The molecule has 0 saturated carbocycles. The van der Waals surface area contributed by atoms with Crippen molar-refractivity contribution in [1.82, 2.24) is 4.90 Å². The number of hydrogen-bond donors (Lipinski definition) is 0. The molecule has 0 radical (unpaired) electrons. The summed E-state index contributed by atoms with van der Waals surface area (Å²) in [5, 5.41) is 0. The third-order valence-corrected chi connectivity index (χ3v) is 2.57. The van der Waals surface area contributed by atoms with Gasteiger partial charge in [-0.3, -0.25) is 0 Å². The number of hydrogen-bond acceptors (Lipinski definition) is 2. The molecule has 0 aromatic rings. The molecule has 1 atom stereocenters. The predicted octanol–water partition coefficient (Wildman–Crippen LogP) is 3.31. The zero-order valence-corrected chi connectivity index (χ0v) is 10.5. The Morgan fingerprint density at radius 3 is 2.40 bits per heavy atom. The lowest BCUT2D eigenvalue weighted by Crippen LogP contribution is -2.33. The number of rotatable bonds is 3. The second-order valence-corrected chi connectivity index (χ2v) is 5.31. The number of nitrogens with zero attached hydrogens (tertiary/aromatic N) is 1. The standard InChI is InChI=1S/C13H23NO/c1-10(2)12-8-7-9-14(12)11(3)15-13(4,5)6/h12H,1,3,7-9H2,2,4-6H3. The molecule has 0 bridgehead atoms. The SMILES string of the molecule is C=C(C)C1CCCN1C(=C)OC(C)(C)C. The van der Waals surface area contributed by atoms with Gasteiger partial charge >= 0.3 is 0 Å². The van der Waals surface area contributed by atoms with E-state index < -0.39 is 0 Å². The second kappa shape index (κ2) is 4.30. The van der Waals surface area contributed by atoms with Crippen molar-refractivity contribution in [3.05, 3.63) is 24.6 Å². The highest BCUT2D eigenvalue weighted by Gasteiger charge is 2.28. The second-order valence-electron chi connectivity index (χ2n) is 5.31. The van der Waals surface area contributed by atoms with Crippen LogP contribution in [0.25, 0.3) is 0 Å². The van der Waals surface area contributed by atoms with E-state index in [-0.39, 0.29) is 5.60 Å². The first-order valence-electron chi connectivity index (χ1n) is 5.61. The Bertz CT molecular complexity index is 262. The van der Waals surface area contributed by atoms with E-state index in [0.717, 1.165) is 12.4 Å². The van der Waals surface area contributed by atoms with Gasteiger partial charge in [0.1, 0.15) is 5.60 Å². The monoisotopic (exact) mass is 209 g/mol. The van der Waals surface area contributed by atoms with Crippen LogP contribution in [0.15, 0.2) is 24.6 Å². The van der Waals surface area contributed by atoms with E-state index in [9.17, 15) is 0 Å². The highest BCUT2D eigenvalue weighted by atomic mass is 16.5. The van der Waals surface area contributed by atoms with Gasteiger partial charge in [0.25, 0.3) is 0 Å². The minimum Gasteiger partial charge on any atom is -0.474 e. The summed E-state index contributed by atoms with van der Waals surface area (Å²) >= 11 is 0. The summed E-state index contributed by atoms with van der Waals surface area (Å²) < 4.78 is 5.79. The fraction of sp³-hybridized carbons (Fsp3) is 0.692. The van der Waals surface area contributed by atoms with Gasteiger partial charge in [0.15, 0.2) is 5.88 Å². The third-order valence-electron chi connectivity index (χ3n) is 2.57. The van der Waals surface area contributed by atoms with E-state index in [2.05, 4.69) is 25.0 Å². The van der Waals surface area contributed by atoms with Gasteiger partial charge in [-0.2, -0.15) is 0 Å². The molecular weight excluding hydrogens is 186 g/mol. The Kier molecular flexibility index (Phi) is 3.48. The van der Waals surface area contributed by atoms with Crippen LogP contribution in [0, 0.1) is 0 Å². The first-order chi connectivity index (χ1) is 6.81. The fourth-order valence-electron chi connectivity index (χ4n) is 1.99. The van der Waals surface area contributed by atoms with Crippen LogP contribution < -0.4 is 0 Å². The minimum atomic E-state index is -0.167. The molecule has 1 aliphatic rings. The van der Waals surface area contributed by atoms with E-state index in [1.807, 2.05) is 20.8 Å². The van der Waals surface area contributed by atoms with Gasteiger partial charge in [0.05, 0.1) is 6.04 Å². The van der Waals surface area contributed by atoms with Gasteiger partial charge in [-0.15, -0.1) is 0 Å². The first-order valence-corrected chi connectivity index (χ1v) is 5.61. The van der Waals surface area contributed by atoms with Crippen LogP contribution in [0.3, 0.4) is 0 Å². The summed E-state index contributed by atoms with van der Waals surface area (Å²) in [6, 6.07) is 0.417. The van der Waals surface area contributed by atoms with Crippen LogP contribution in [0.4, 0.5) is 0 Å². The first kappa shape index (κ1) is 12.2. The molecule has 2 nitrogen and oxygen atoms in total.